The molecule has 1 fully saturated rings. The quantitative estimate of drug-likeness (QED) is 0.841. The Morgan fingerprint density at radius 3 is 2.91 bits per heavy atom. The molecule has 1 saturated heterocycles. The van der Waals surface area contributed by atoms with Crippen molar-refractivity contribution in [3.05, 3.63) is 40.2 Å². The first kappa shape index (κ1) is 16.1. The van der Waals surface area contributed by atoms with Gasteiger partial charge in [-0.2, -0.15) is 11.3 Å². The van der Waals surface area contributed by atoms with Crippen molar-refractivity contribution in [2.45, 2.75) is 20.3 Å². The molecule has 1 aliphatic heterocycles. The lowest BCUT2D eigenvalue weighted by atomic mass is 10.1. The minimum Gasteiger partial charge on any atom is -0.381 e. The van der Waals surface area contributed by atoms with Crippen LogP contribution in [-0.2, 0) is 4.74 Å². The average Bonchev–Trinajstić information content (AvgIpc) is 3.25. The standard InChI is InChI=1S/C18H22N2O2S/c1-3-20(10-14-6-8-22-11-14)18(21)16-4-5-17(19-13(16)2)15-7-9-23-12-15/h4-5,7,9,12,14H,3,6,8,10-11H2,1-2H3/t14-/m0/s1. The van der Waals surface area contributed by atoms with Gasteiger partial charge < -0.3 is 9.64 Å². The van der Waals surface area contributed by atoms with Crippen LogP contribution in [0.25, 0.3) is 11.3 Å². The number of thiophene rings is 1. The minimum atomic E-state index is 0.0706. The van der Waals surface area contributed by atoms with Crippen molar-refractivity contribution in [3.8, 4) is 11.3 Å². The Hall–Kier alpha value is -1.72. The van der Waals surface area contributed by atoms with Crippen LogP contribution < -0.4 is 0 Å². The summed E-state index contributed by atoms with van der Waals surface area (Å²) >= 11 is 1.65. The summed E-state index contributed by atoms with van der Waals surface area (Å²) in [5.74, 6) is 0.526. The molecule has 0 N–H and O–H groups in total. The number of nitrogens with zero attached hydrogens (tertiary/aromatic N) is 2. The van der Waals surface area contributed by atoms with Crippen LogP contribution in [0.3, 0.4) is 0 Å². The molecule has 1 atom stereocenters. The minimum absolute atomic E-state index is 0.0706. The second-order valence-corrected chi connectivity index (χ2v) is 6.69. The molecule has 0 unspecified atom stereocenters. The lowest BCUT2D eigenvalue weighted by Gasteiger charge is -2.24. The van der Waals surface area contributed by atoms with Crippen LogP contribution in [0, 0.1) is 12.8 Å². The van der Waals surface area contributed by atoms with Gasteiger partial charge in [0.1, 0.15) is 0 Å². The second kappa shape index (κ2) is 7.23. The molecule has 122 valence electrons. The van der Waals surface area contributed by atoms with E-state index in [1.807, 2.05) is 42.3 Å². The third kappa shape index (κ3) is 3.62. The summed E-state index contributed by atoms with van der Waals surface area (Å²) in [5.41, 5.74) is 3.52. The maximum atomic E-state index is 12.8. The van der Waals surface area contributed by atoms with E-state index < -0.39 is 0 Å². The second-order valence-electron chi connectivity index (χ2n) is 5.91. The Labute approximate surface area is 141 Å². The zero-order valence-corrected chi connectivity index (χ0v) is 14.4. The molecule has 0 radical (unpaired) electrons. The van der Waals surface area contributed by atoms with E-state index in [-0.39, 0.29) is 5.91 Å². The number of hydrogen-bond donors (Lipinski definition) is 0. The smallest absolute Gasteiger partial charge is 0.255 e. The summed E-state index contributed by atoms with van der Waals surface area (Å²) in [4.78, 5) is 19.4. The molecule has 23 heavy (non-hydrogen) atoms. The molecule has 2 aromatic rings. The largest absolute Gasteiger partial charge is 0.381 e. The number of carbonyl (C=O) groups excluding carboxylic acids is 1. The molecule has 3 rings (SSSR count). The fraction of sp³-hybridized carbons (Fsp3) is 0.444. The van der Waals surface area contributed by atoms with Gasteiger partial charge in [0.15, 0.2) is 0 Å². The van der Waals surface area contributed by atoms with Crippen molar-refractivity contribution in [2.75, 3.05) is 26.3 Å². The zero-order chi connectivity index (χ0) is 16.2. The molecule has 0 spiro atoms. The molecule has 1 aliphatic rings. The fourth-order valence-corrected chi connectivity index (χ4v) is 3.57. The number of amides is 1. The van der Waals surface area contributed by atoms with Crippen LogP contribution in [0.4, 0.5) is 0 Å². The number of pyridine rings is 1. The van der Waals surface area contributed by atoms with E-state index >= 15 is 0 Å². The Morgan fingerprint density at radius 1 is 1.43 bits per heavy atom. The van der Waals surface area contributed by atoms with Gasteiger partial charge >= 0.3 is 0 Å². The summed E-state index contributed by atoms with van der Waals surface area (Å²) in [6.07, 6.45) is 1.04. The van der Waals surface area contributed by atoms with Crippen LogP contribution in [0.5, 0.6) is 0 Å². The summed E-state index contributed by atoms with van der Waals surface area (Å²) < 4.78 is 5.42. The Bertz CT molecular complexity index is 664. The van der Waals surface area contributed by atoms with Gasteiger partial charge in [-0.15, -0.1) is 0 Å². The molecule has 0 saturated carbocycles. The molecule has 0 aromatic carbocycles. The highest BCUT2D eigenvalue weighted by atomic mass is 32.1. The molecule has 5 heteroatoms. The van der Waals surface area contributed by atoms with Gasteiger partial charge in [-0.25, -0.2) is 0 Å². The topological polar surface area (TPSA) is 42.4 Å². The molecule has 2 aromatic heterocycles. The van der Waals surface area contributed by atoms with E-state index in [0.717, 1.165) is 43.1 Å². The van der Waals surface area contributed by atoms with Crippen molar-refractivity contribution < 1.29 is 9.53 Å². The van der Waals surface area contributed by atoms with Gasteiger partial charge in [-0.05, 0) is 43.8 Å². The lowest BCUT2D eigenvalue weighted by molar-refractivity contribution is 0.0729. The first-order chi connectivity index (χ1) is 11.2. The van der Waals surface area contributed by atoms with Crippen LogP contribution >= 0.6 is 11.3 Å². The monoisotopic (exact) mass is 330 g/mol. The van der Waals surface area contributed by atoms with Crippen LogP contribution in [0.15, 0.2) is 29.0 Å². The molecule has 4 nitrogen and oxygen atoms in total. The van der Waals surface area contributed by atoms with Gasteiger partial charge in [0, 0.05) is 36.6 Å². The fourth-order valence-electron chi connectivity index (χ4n) is 2.92. The summed E-state index contributed by atoms with van der Waals surface area (Å²) in [6, 6.07) is 5.90. The summed E-state index contributed by atoms with van der Waals surface area (Å²) in [6.45, 7) is 6.98. The number of hydrogen-bond acceptors (Lipinski definition) is 4. The lowest BCUT2D eigenvalue weighted by Crippen LogP contribution is -2.36. The van der Waals surface area contributed by atoms with Crippen LogP contribution in [0.2, 0.25) is 0 Å². The SMILES string of the molecule is CCN(C[C@@H]1CCOC1)C(=O)c1ccc(-c2ccsc2)nc1C. The van der Waals surface area contributed by atoms with Crippen LogP contribution in [0.1, 0.15) is 29.4 Å². The number of rotatable bonds is 5. The van der Waals surface area contributed by atoms with Crippen molar-refractivity contribution in [2.24, 2.45) is 5.92 Å². The highest BCUT2D eigenvalue weighted by Gasteiger charge is 2.23. The summed E-state index contributed by atoms with van der Waals surface area (Å²) in [5, 5.41) is 4.11. The molecule has 0 aliphatic carbocycles. The highest BCUT2D eigenvalue weighted by molar-refractivity contribution is 7.08. The molecular weight excluding hydrogens is 308 g/mol. The Kier molecular flexibility index (Phi) is 5.08. The van der Waals surface area contributed by atoms with Crippen molar-refractivity contribution in [1.29, 1.82) is 0 Å². The Morgan fingerprint density at radius 2 is 2.30 bits per heavy atom. The molecule has 0 bridgehead atoms. The van der Waals surface area contributed by atoms with Gasteiger partial charge in [-0.3, -0.25) is 9.78 Å². The van der Waals surface area contributed by atoms with Gasteiger partial charge in [0.2, 0.25) is 0 Å². The third-order valence-corrected chi connectivity index (χ3v) is 4.99. The molecular formula is C18H22N2O2S. The number of ether oxygens (including phenoxy) is 1. The normalized spacial score (nSPS) is 17.4. The van der Waals surface area contributed by atoms with E-state index in [0.29, 0.717) is 18.0 Å². The summed E-state index contributed by atoms with van der Waals surface area (Å²) in [7, 11) is 0. The predicted molar refractivity (Wildman–Crippen MR) is 92.8 cm³/mol. The molecule has 3 heterocycles. The number of aryl methyl sites for hydroxylation is 1. The number of aromatic nitrogens is 1. The predicted octanol–water partition coefficient (Wildman–Crippen LogP) is 3.62. The third-order valence-electron chi connectivity index (χ3n) is 4.30. The average molecular weight is 330 g/mol. The first-order valence-electron chi connectivity index (χ1n) is 8.06. The van der Waals surface area contributed by atoms with Crippen molar-refractivity contribution in [1.82, 2.24) is 9.88 Å². The van der Waals surface area contributed by atoms with Crippen molar-refractivity contribution in [3.63, 3.8) is 0 Å². The molecule has 1 amide bonds. The van der Waals surface area contributed by atoms with E-state index in [9.17, 15) is 4.79 Å². The first-order valence-corrected chi connectivity index (χ1v) is 9.00. The van der Waals surface area contributed by atoms with E-state index in [1.165, 1.54) is 0 Å². The van der Waals surface area contributed by atoms with E-state index in [4.69, 9.17) is 4.74 Å². The van der Waals surface area contributed by atoms with E-state index in [1.54, 1.807) is 11.3 Å². The maximum Gasteiger partial charge on any atom is 0.255 e. The highest BCUT2D eigenvalue weighted by Crippen LogP contribution is 2.22. The maximum absolute atomic E-state index is 12.8. The van der Waals surface area contributed by atoms with Crippen molar-refractivity contribution >= 4 is 17.2 Å². The van der Waals surface area contributed by atoms with Gasteiger partial charge in [-0.1, -0.05) is 0 Å². The van der Waals surface area contributed by atoms with Gasteiger partial charge in [0.05, 0.1) is 23.6 Å². The zero-order valence-electron chi connectivity index (χ0n) is 13.6. The van der Waals surface area contributed by atoms with Crippen LogP contribution in [-0.4, -0.2) is 42.1 Å². The Balaban J connectivity index is 1.77. The van der Waals surface area contributed by atoms with E-state index in [2.05, 4.69) is 10.4 Å². The van der Waals surface area contributed by atoms with Gasteiger partial charge in [0.25, 0.3) is 5.91 Å². The number of carbonyl (C=O) groups is 1.